The molecule has 2 heterocycles. The lowest BCUT2D eigenvalue weighted by molar-refractivity contribution is -0.127. The van der Waals surface area contributed by atoms with Crippen LogP contribution in [0.1, 0.15) is 68.0 Å². The predicted molar refractivity (Wildman–Crippen MR) is 132 cm³/mol. The minimum atomic E-state index is -3.85. The zero-order valence-electron chi connectivity index (χ0n) is 20.3. The lowest BCUT2D eigenvalue weighted by Crippen LogP contribution is -2.48. The van der Waals surface area contributed by atoms with Crippen molar-refractivity contribution in [2.24, 2.45) is 11.8 Å². The van der Waals surface area contributed by atoms with Crippen molar-refractivity contribution in [1.29, 1.82) is 0 Å². The lowest BCUT2D eigenvalue weighted by atomic mass is 9.87. The summed E-state index contributed by atoms with van der Waals surface area (Å²) in [7, 11) is -3.85. The van der Waals surface area contributed by atoms with Gasteiger partial charge in [-0.2, -0.15) is 4.31 Å². The van der Waals surface area contributed by atoms with Gasteiger partial charge in [-0.1, -0.05) is 48.0 Å². The zero-order chi connectivity index (χ0) is 24.3. The fourth-order valence-electron chi connectivity index (χ4n) is 4.88. The van der Waals surface area contributed by atoms with E-state index in [1.165, 1.54) is 4.31 Å². The van der Waals surface area contributed by atoms with Gasteiger partial charge in [-0.25, -0.2) is 8.42 Å². The number of benzene rings is 1. The molecule has 0 spiro atoms. The Morgan fingerprint density at radius 3 is 2.50 bits per heavy atom. The highest BCUT2D eigenvalue weighted by Crippen LogP contribution is 2.30. The van der Waals surface area contributed by atoms with Crippen LogP contribution in [-0.2, 0) is 14.8 Å². The molecule has 4 rings (SSSR count). The summed E-state index contributed by atoms with van der Waals surface area (Å²) >= 11 is 0. The van der Waals surface area contributed by atoms with E-state index in [4.69, 9.17) is 4.52 Å². The Morgan fingerprint density at radius 1 is 1.09 bits per heavy atom. The quantitative estimate of drug-likeness (QED) is 0.648. The van der Waals surface area contributed by atoms with Crippen LogP contribution < -0.4 is 5.32 Å². The Bertz CT molecular complexity index is 1130. The smallest absolute Gasteiger partial charge is 0.248 e. The van der Waals surface area contributed by atoms with Crippen molar-refractivity contribution in [2.45, 2.75) is 70.2 Å². The highest BCUT2D eigenvalue weighted by atomic mass is 32.2. The van der Waals surface area contributed by atoms with Gasteiger partial charge in [0.25, 0.3) is 0 Å². The van der Waals surface area contributed by atoms with Crippen LogP contribution in [0.4, 0.5) is 0 Å². The Labute approximate surface area is 202 Å². The second-order valence-corrected chi connectivity index (χ2v) is 11.7. The van der Waals surface area contributed by atoms with Gasteiger partial charge in [0.15, 0.2) is 10.7 Å². The number of nitrogens with one attached hydrogen (secondary N) is 1. The third-order valence-electron chi connectivity index (χ3n) is 7.05. The molecule has 2 fully saturated rings. The maximum atomic E-state index is 13.6. The average molecular weight is 486 g/mol. The molecule has 0 unspecified atom stereocenters. The van der Waals surface area contributed by atoms with Crippen LogP contribution in [0, 0.1) is 25.7 Å². The third-order valence-corrected chi connectivity index (χ3v) is 9.08. The summed E-state index contributed by atoms with van der Waals surface area (Å²) < 4.78 is 34.0. The van der Waals surface area contributed by atoms with Gasteiger partial charge in [0.2, 0.25) is 15.9 Å². The fraction of sp³-hybridized carbons (Fsp3) is 0.538. The first-order valence-corrected chi connectivity index (χ1v) is 13.7. The number of piperidine rings is 1. The molecule has 1 atom stereocenters. The van der Waals surface area contributed by atoms with Gasteiger partial charge in [-0.15, -0.1) is 0 Å². The fourth-order valence-corrected chi connectivity index (χ4v) is 6.65. The molecule has 8 heteroatoms. The Morgan fingerprint density at radius 2 is 1.79 bits per heavy atom. The predicted octanol–water partition coefficient (Wildman–Crippen LogP) is 4.56. The number of rotatable bonds is 6. The molecule has 0 radical (unpaired) electrons. The number of sulfonamides is 1. The Balaban J connectivity index is 1.48. The topological polar surface area (TPSA) is 92.5 Å². The maximum absolute atomic E-state index is 13.6. The number of aryl methyl sites for hydroxylation is 2. The number of hydrogen-bond donors (Lipinski definition) is 1. The number of carbonyl (C=O) groups is 1. The summed E-state index contributed by atoms with van der Waals surface area (Å²) in [6.07, 6.45) is 9.06. The van der Waals surface area contributed by atoms with Gasteiger partial charge in [0.1, 0.15) is 5.69 Å². The Hall–Kier alpha value is -2.45. The molecule has 1 saturated carbocycles. The highest BCUT2D eigenvalue weighted by molar-refractivity contribution is 7.89. The van der Waals surface area contributed by atoms with Crippen LogP contribution in [0.15, 0.2) is 33.7 Å². The first kappa shape index (κ1) is 24.7. The summed E-state index contributed by atoms with van der Waals surface area (Å²) in [6.45, 7) is 6.47. The monoisotopic (exact) mass is 485 g/mol. The molecule has 1 N–H and O–H groups in total. The standard InChI is InChI=1S/C26H35N3O4S/c1-18-6-10-21(11-7-18)12-15-24-25(20(3)28-33-24)34(31,32)29-16-4-5-22(17-29)26(30)27-23-13-8-19(2)9-14-23/h6-7,10-12,15,19,22-23H,4-5,8-9,13-14,16-17H2,1-3H3,(H,27,30)/b15-12+/t19?,22-,23?/m1/s1. The van der Waals surface area contributed by atoms with Crippen molar-refractivity contribution in [3.63, 3.8) is 0 Å². The molecule has 1 amide bonds. The van der Waals surface area contributed by atoms with Crippen LogP contribution in [0.25, 0.3) is 12.2 Å². The van der Waals surface area contributed by atoms with E-state index in [1.54, 1.807) is 13.0 Å². The molecule has 2 aliphatic rings. The van der Waals surface area contributed by atoms with E-state index in [-0.39, 0.29) is 35.1 Å². The number of hydrogen-bond acceptors (Lipinski definition) is 5. The zero-order valence-corrected chi connectivity index (χ0v) is 21.1. The molecule has 2 aromatic rings. The third kappa shape index (κ3) is 5.61. The van der Waals surface area contributed by atoms with Gasteiger partial charge in [0, 0.05) is 19.1 Å². The van der Waals surface area contributed by atoms with Gasteiger partial charge < -0.3 is 9.84 Å². The van der Waals surface area contributed by atoms with Crippen molar-refractivity contribution in [3.05, 3.63) is 46.8 Å². The lowest BCUT2D eigenvalue weighted by Gasteiger charge is -2.33. The summed E-state index contributed by atoms with van der Waals surface area (Å²) in [5, 5.41) is 7.11. The molecule has 1 aliphatic carbocycles. The molecule has 184 valence electrons. The summed E-state index contributed by atoms with van der Waals surface area (Å²) in [5.74, 6) is 0.557. The van der Waals surface area contributed by atoms with Gasteiger partial charge in [0.05, 0.1) is 5.92 Å². The molecular weight excluding hydrogens is 450 g/mol. The van der Waals surface area contributed by atoms with Crippen LogP contribution in [-0.4, -0.2) is 42.9 Å². The maximum Gasteiger partial charge on any atom is 0.248 e. The van der Waals surface area contributed by atoms with E-state index in [2.05, 4.69) is 17.4 Å². The molecule has 1 saturated heterocycles. The van der Waals surface area contributed by atoms with Gasteiger partial charge in [-0.05, 0) is 69.9 Å². The SMILES string of the molecule is Cc1ccc(/C=C/c2onc(C)c2S(=O)(=O)N2CCC[C@@H](C(=O)NC3CCC(C)CC3)C2)cc1. The highest BCUT2D eigenvalue weighted by Gasteiger charge is 2.37. The second kappa shape index (κ2) is 10.4. The molecule has 1 aromatic carbocycles. The first-order chi connectivity index (χ1) is 16.2. The van der Waals surface area contributed by atoms with Gasteiger partial charge in [-0.3, -0.25) is 4.79 Å². The van der Waals surface area contributed by atoms with Crippen molar-refractivity contribution in [1.82, 2.24) is 14.8 Å². The number of aromatic nitrogens is 1. The molecule has 0 bridgehead atoms. The van der Waals surface area contributed by atoms with E-state index in [0.717, 1.165) is 36.8 Å². The van der Waals surface area contributed by atoms with E-state index in [9.17, 15) is 13.2 Å². The van der Waals surface area contributed by atoms with Crippen LogP contribution in [0.5, 0.6) is 0 Å². The van der Waals surface area contributed by atoms with Crippen molar-refractivity contribution in [2.75, 3.05) is 13.1 Å². The second-order valence-electron chi connectivity index (χ2n) is 9.87. The normalized spacial score (nSPS) is 24.4. The molecule has 34 heavy (non-hydrogen) atoms. The Kier molecular flexibility index (Phi) is 7.57. The number of nitrogens with zero attached hydrogens (tertiary/aromatic N) is 2. The molecule has 1 aliphatic heterocycles. The minimum Gasteiger partial charge on any atom is -0.355 e. The van der Waals surface area contributed by atoms with E-state index < -0.39 is 10.0 Å². The minimum absolute atomic E-state index is 0.0269. The molecule has 1 aromatic heterocycles. The molecule has 7 nitrogen and oxygen atoms in total. The van der Waals surface area contributed by atoms with Crippen molar-refractivity contribution in [3.8, 4) is 0 Å². The largest absolute Gasteiger partial charge is 0.355 e. The average Bonchev–Trinajstić information content (AvgIpc) is 3.21. The summed E-state index contributed by atoms with van der Waals surface area (Å²) in [4.78, 5) is 13.0. The number of carbonyl (C=O) groups excluding carboxylic acids is 1. The molecular formula is C26H35N3O4S. The van der Waals surface area contributed by atoms with Crippen molar-refractivity contribution < 1.29 is 17.7 Å². The summed E-state index contributed by atoms with van der Waals surface area (Å²) in [6, 6.07) is 8.12. The van der Waals surface area contributed by atoms with Crippen LogP contribution >= 0.6 is 0 Å². The van der Waals surface area contributed by atoms with E-state index >= 15 is 0 Å². The van der Waals surface area contributed by atoms with Crippen LogP contribution in [0.2, 0.25) is 0 Å². The number of amides is 1. The van der Waals surface area contributed by atoms with E-state index in [0.29, 0.717) is 31.0 Å². The first-order valence-electron chi connectivity index (χ1n) is 12.3. The van der Waals surface area contributed by atoms with Gasteiger partial charge >= 0.3 is 0 Å². The van der Waals surface area contributed by atoms with Crippen molar-refractivity contribution >= 4 is 28.1 Å². The van der Waals surface area contributed by atoms with E-state index in [1.807, 2.05) is 37.3 Å². The summed E-state index contributed by atoms with van der Waals surface area (Å²) in [5.41, 5.74) is 2.42. The van der Waals surface area contributed by atoms with Crippen LogP contribution in [0.3, 0.4) is 0 Å².